The van der Waals surface area contributed by atoms with Gasteiger partial charge in [0.1, 0.15) is 5.75 Å². The fourth-order valence-electron chi connectivity index (χ4n) is 3.37. The van der Waals surface area contributed by atoms with Crippen LogP contribution < -0.4 is 4.74 Å². The fourth-order valence-corrected chi connectivity index (χ4v) is 4.20. The highest BCUT2D eigenvalue weighted by atomic mass is 32.2. The van der Waals surface area contributed by atoms with Gasteiger partial charge < -0.3 is 14.7 Å². The number of thioether (sulfide) groups is 1. The molecule has 3 rings (SSSR count). The van der Waals surface area contributed by atoms with Gasteiger partial charge in [-0.05, 0) is 43.5 Å². The topological polar surface area (TPSA) is 49.8 Å². The average molecular weight is 386 g/mol. The van der Waals surface area contributed by atoms with Crippen molar-refractivity contribution in [3.05, 3.63) is 60.7 Å². The first-order valence-electron chi connectivity index (χ1n) is 9.45. The summed E-state index contributed by atoms with van der Waals surface area (Å²) in [5.74, 6) is 1.50. The first kappa shape index (κ1) is 19.8. The highest BCUT2D eigenvalue weighted by molar-refractivity contribution is 8.00. The summed E-state index contributed by atoms with van der Waals surface area (Å²) in [5.41, 5.74) is -0.141. The Labute approximate surface area is 165 Å². The number of hydrogen-bond acceptors (Lipinski definition) is 4. The van der Waals surface area contributed by atoms with E-state index in [-0.39, 0.29) is 17.9 Å². The van der Waals surface area contributed by atoms with Crippen LogP contribution >= 0.6 is 11.8 Å². The molecule has 0 aromatic heterocycles. The van der Waals surface area contributed by atoms with Gasteiger partial charge in [-0.3, -0.25) is 4.79 Å². The van der Waals surface area contributed by atoms with E-state index in [9.17, 15) is 9.90 Å². The van der Waals surface area contributed by atoms with Crippen LogP contribution in [-0.2, 0) is 4.79 Å². The molecule has 5 heteroatoms. The molecule has 0 spiro atoms. The molecule has 0 unspecified atom stereocenters. The van der Waals surface area contributed by atoms with Gasteiger partial charge >= 0.3 is 0 Å². The number of likely N-dealkylation sites (tertiary alicyclic amines) is 1. The second-order valence-corrected chi connectivity index (χ2v) is 8.10. The Morgan fingerprint density at radius 2 is 1.67 bits per heavy atom. The maximum atomic E-state index is 12.5. The lowest BCUT2D eigenvalue weighted by Crippen LogP contribution is -2.45. The van der Waals surface area contributed by atoms with Crippen molar-refractivity contribution in [2.45, 2.75) is 24.2 Å². The van der Waals surface area contributed by atoms with E-state index < -0.39 is 0 Å². The van der Waals surface area contributed by atoms with Crippen molar-refractivity contribution in [1.82, 2.24) is 4.90 Å². The number of nitrogens with zero attached hydrogens (tertiary/aromatic N) is 1. The summed E-state index contributed by atoms with van der Waals surface area (Å²) in [6, 6.07) is 19.8. The second kappa shape index (κ2) is 9.81. The summed E-state index contributed by atoms with van der Waals surface area (Å²) >= 11 is 1.58. The number of hydrogen-bond donors (Lipinski definition) is 1. The van der Waals surface area contributed by atoms with Crippen molar-refractivity contribution < 1.29 is 14.6 Å². The summed E-state index contributed by atoms with van der Waals surface area (Å²) in [7, 11) is 0. The van der Waals surface area contributed by atoms with Gasteiger partial charge in [0.25, 0.3) is 0 Å². The van der Waals surface area contributed by atoms with Gasteiger partial charge in [0.15, 0.2) is 0 Å². The third-order valence-corrected chi connectivity index (χ3v) is 6.26. The minimum Gasteiger partial charge on any atom is -0.494 e. The predicted octanol–water partition coefficient (Wildman–Crippen LogP) is 3.85. The Balaban J connectivity index is 1.43. The molecule has 1 amide bonds. The summed E-state index contributed by atoms with van der Waals surface area (Å²) in [4.78, 5) is 15.5. The maximum Gasteiger partial charge on any atom is 0.232 e. The van der Waals surface area contributed by atoms with Gasteiger partial charge in [0.2, 0.25) is 5.91 Å². The Morgan fingerprint density at radius 3 is 2.30 bits per heavy atom. The standard InChI is InChI=1S/C22H27NO3S/c24-18-22(13-16-26-19-7-3-1-4-8-19)11-14-23(15-12-22)21(25)17-27-20-9-5-2-6-10-20/h1-10,24H,11-18H2. The van der Waals surface area contributed by atoms with Gasteiger partial charge in [-0.2, -0.15) is 0 Å². The van der Waals surface area contributed by atoms with Gasteiger partial charge in [-0.1, -0.05) is 36.4 Å². The molecular formula is C22H27NO3S. The molecule has 1 aliphatic rings. The number of rotatable bonds is 8. The van der Waals surface area contributed by atoms with E-state index in [4.69, 9.17) is 4.74 Å². The van der Waals surface area contributed by atoms with E-state index in [0.29, 0.717) is 25.4 Å². The number of benzene rings is 2. The SMILES string of the molecule is O=C(CSc1ccccc1)N1CCC(CO)(CCOc2ccccc2)CC1. The summed E-state index contributed by atoms with van der Waals surface area (Å²) in [6.07, 6.45) is 2.45. The van der Waals surface area contributed by atoms with Crippen LogP contribution in [0.4, 0.5) is 0 Å². The third kappa shape index (κ3) is 5.75. The van der Waals surface area contributed by atoms with E-state index in [1.807, 2.05) is 65.6 Å². The van der Waals surface area contributed by atoms with Crippen LogP contribution in [0.2, 0.25) is 0 Å². The molecule has 4 nitrogen and oxygen atoms in total. The lowest BCUT2D eigenvalue weighted by atomic mass is 9.76. The van der Waals surface area contributed by atoms with E-state index in [1.54, 1.807) is 11.8 Å². The predicted molar refractivity (Wildman–Crippen MR) is 109 cm³/mol. The number of aliphatic hydroxyl groups excluding tert-OH is 1. The zero-order valence-electron chi connectivity index (χ0n) is 15.5. The van der Waals surface area contributed by atoms with Crippen LogP contribution in [0.3, 0.4) is 0 Å². The van der Waals surface area contributed by atoms with Crippen LogP contribution in [0.1, 0.15) is 19.3 Å². The number of piperidine rings is 1. The molecule has 1 N–H and O–H groups in total. The van der Waals surface area contributed by atoms with E-state index in [1.165, 1.54) is 0 Å². The zero-order valence-corrected chi connectivity index (χ0v) is 16.4. The third-order valence-electron chi connectivity index (χ3n) is 5.26. The molecule has 0 atom stereocenters. The molecule has 1 fully saturated rings. The van der Waals surface area contributed by atoms with Gasteiger partial charge in [0, 0.05) is 30.0 Å². The molecule has 1 saturated heterocycles. The molecule has 144 valence electrons. The average Bonchev–Trinajstić information content (AvgIpc) is 2.74. The minimum absolute atomic E-state index is 0.141. The van der Waals surface area contributed by atoms with E-state index in [2.05, 4.69) is 0 Å². The van der Waals surface area contributed by atoms with Crippen molar-refractivity contribution in [3.63, 3.8) is 0 Å². The Hall–Kier alpha value is -1.98. The van der Waals surface area contributed by atoms with Crippen LogP contribution in [-0.4, -0.2) is 48.0 Å². The fraction of sp³-hybridized carbons (Fsp3) is 0.409. The number of carbonyl (C=O) groups excluding carboxylic acids is 1. The molecular weight excluding hydrogens is 358 g/mol. The summed E-state index contributed by atoms with van der Waals surface area (Å²) in [6.45, 7) is 2.15. The van der Waals surface area contributed by atoms with Crippen molar-refractivity contribution in [3.8, 4) is 5.75 Å². The smallest absolute Gasteiger partial charge is 0.232 e. The number of aliphatic hydroxyl groups is 1. The van der Waals surface area contributed by atoms with E-state index >= 15 is 0 Å². The Bertz CT molecular complexity index is 700. The maximum absolute atomic E-state index is 12.5. The van der Waals surface area contributed by atoms with Crippen LogP contribution in [0.25, 0.3) is 0 Å². The highest BCUT2D eigenvalue weighted by Gasteiger charge is 2.35. The van der Waals surface area contributed by atoms with Crippen molar-refractivity contribution in [2.75, 3.05) is 32.1 Å². The van der Waals surface area contributed by atoms with Crippen molar-refractivity contribution in [1.29, 1.82) is 0 Å². The normalized spacial score (nSPS) is 16.1. The van der Waals surface area contributed by atoms with E-state index in [0.717, 1.165) is 29.9 Å². The molecule has 1 heterocycles. The first-order chi connectivity index (χ1) is 13.2. The zero-order chi connectivity index (χ0) is 19.0. The second-order valence-electron chi connectivity index (χ2n) is 7.05. The molecule has 2 aromatic rings. The monoisotopic (exact) mass is 385 g/mol. The number of ether oxygens (including phenoxy) is 1. The van der Waals surface area contributed by atoms with Crippen LogP contribution in [0.15, 0.2) is 65.6 Å². The number of carbonyl (C=O) groups is 1. The molecule has 27 heavy (non-hydrogen) atoms. The van der Waals surface area contributed by atoms with Crippen molar-refractivity contribution >= 4 is 17.7 Å². The molecule has 0 aliphatic carbocycles. The summed E-state index contributed by atoms with van der Waals surface area (Å²) < 4.78 is 5.80. The highest BCUT2D eigenvalue weighted by Crippen LogP contribution is 2.35. The molecule has 0 bridgehead atoms. The van der Waals surface area contributed by atoms with Gasteiger partial charge in [0.05, 0.1) is 12.4 Å². The lowest BCUT2D eigenvalue weighted by molar-refractivity contribution is -0.131. The van der Waals surface area contributed by atoms with Gasteiger partial charge in [-0.15, -0.1) is 11.8 Å². The number of para-hydroxylation sites is 1. The molecule has 0 radical (unpaired) electrons. The first-order valence-corrected chi connectivity index (χ1v) is 10.4. The lowest BCUT2D eigenvalue weighted by Gasteiger charge is -2.40. The number of amides is 1. The Kier molecular flexibility index (Phi) is 7.18. The minimum atomic E-state index is -0.141. The summed E-state index contributed by atoms with van der Waals surface area (Å²) in [5, 5.41) is 9.95. The molecule has 2 aromatic carbocycles. The quantitative estimate of drug-likeness (QED) is 0.701. The molecule has 0 saturated carbocycles. The van der Waals surface area contributed by atoms with Crippen molar-refractivity contribution in [2.24, 2.45) is 5.41 Å². The van der Waals surface area contributed by atoms with Crippen LogP contribution in [0.5, 0.6) is 5.75 Å². The van der Waals surface area contributed by atoms with Crippen LogP contribution in [0, 0.1) is 5.41 Å². The molecule has 1 aliphatic heterocycles. The largest absolute Gasteiger partial charge is 0.494 e. The Morgan fingerprint density at radius 1 is 1.04 bits per heavy atom. The van der Waals surface area contributed by atoms with Gasteiger partial charge in [-0.25, -0.2) is 0 Å².